The van der Waals surface area contributed by atoms with E-state index in [4.69, 9.17) is 19.0 Å². The van der Waals surface area contributed by atoms with Crippen molar-refractivity contribution in [2.24, 2.45) is 5.16 Å². The van der Waals surface area contributed by atoms with Crippen LogP contribution in [0.25, 0.3) is 0 Å². The first-order valence-electron chi connectivity index (χ1n) is 10.2. The summed E-state index contributed by atoms with van der Waals surface area (Å²) in [5.41, 5.74) is 1.91. The zero-order valence-electron chi connectivity index (χ0n) is 17.8. The molecular formula is C23H30N2O5. The van der Waals surface area contributed by atoms with Crippen LogP contribution in [0.15, 0.2) is 47.6 Å². The molecule has 0 saturated carbocycles. The number of ether oxygens (including phenoxy) is 3. The number of amides is 1. The molecule has 0 aliphatic heterocycles. The molecule has 7 heteroatoms. The minimum Gasteiger partial charge on any atom is -0.494 e. The van der Waals surface area contributed by atoms with Gasteiger partial charge in [-0.05, 0) is 74.7 Å². The van der Waals surface area contributed by atoms with E-state index in [1.807, 2.05) is 63.2 Å². The highest BCUT2D eigenvalue weighted by Crippen LogP contribution is 2.28. The van der Waals surface area contributed by atoms with E-state index in [2.05, 4.69) is 10.5 Å². The van der Waals surface area contributed by atoms with Gasteiger partial charge < -0.3 is 24.4 Å². The monoisotopic (exact) mass is 414 g/mol. The molecule has 162 valence electrons. The Morgan fingerprint density at radius 2 is 1.63 bits per heavy atom. The second-order valence-electron chi connectivity index (χ2n) is 6.26. The smallest absolute Gasteiger partial charge is 0.260 e. The molecule has 0 saturated heterocycles. The molecule has 0 heterocycles. The maximum atomic E-state index is 11.9. The third-order valence-electron chi connectivity index (χ3n) is 4.01. The van der Waals surface area contributed by atoms with Crippen molar-refractivity contribution in [2.45, 2.75) is 27.2 Å². The van der Waals surface area contributed by atoms with Gasteiger partial charge in [-0.2, -0.15) is 0 Å². The summed E-state index contributed by atoms with van der Waals surface area (Å²) in [5, 5.41) is 6.64. The summed E-state index contributed by atoms with van der Waals surface area (Å²) in [6, 6.07) is 13.3. The third kappa shape index (κ3) is 8.03. The van der Waals surface area contributed by atoms with Crippen molar-refractivity contribution in [3.8, 4) is 17.2 Å². The molecule has 0 aromatic heterocycles. The Bertz CT molecular complexity index is 806. The number of benzene rings is 2. The maximum Gasteiger partial charge on any atom is 0.260 e. The Morgan fingerprint density at radius 1 is 0.933 bits per heavy atom. The van der Waals surface area contributed by atoms with Gasteiger partial charge in [0.25, 0.3) is 5.91 Å². The zero-order valence-corrected chi connectivity index (χ0v) is 17.8. The zero-order chi connectivity index (χ0) is 21.6. The number of rotatable bonds is 13. The number of hydrogen-bond donors (Lipinski definition) is 1. The molecule has 2 rings (SSSR count). The van der Waals surface area contributed by atoms with E-state index < -0.39 is 0 Å². The van der Waals surface area contributed by atoms with E-state index in [-0.39, 0.29) is 12.5 Å². The normalized spacial score (nSPS) is 10.6. The minimum absolute atomic E-state index is 0.138. The van der Waals surface area contributed by atoms with E-state index in [9.17, 15) is 4.79 Å². The molecule has 1 amide bonds. The fourth-order valence-electron chi connectivity index (χ4n) is 2.66. The molecule has 0 aliphatic carbocycles. The Labute approximate surface area is 178 Å². The summed E-state index contributed by atoms with van der Waals surface area (Å²) in [6.45, 7) is 7.92. The molecule has 30 heavy (non-hydrogen) atoms. The molecule has 0 spiro atoms. The number of hydrogen-bond acceptors (Lipinski definition) is 6. The highest BCUT2D eigenvalue weighted by atomic mass is 16.6. The average Bonchev–Trinajstić information content (AvgIpc) is 2.75. The number of nitrogens with one attached hydrogen (secondary N) is 1. The molecule has 0 atom stereocenters. The lowest BCUT2D eigenvalue weighted by Crippen LogP contribution is -2.28. The standard InChI is InChI=1S/C23H30N2O5/c1-4-27-20-10-7-19(8-11-20)16-25-30-17-23(26)24-14-13-18-9-12-21(28-5-2)22(15-18)29-6-3/h7-12,15-16H,4-6,13-14,17H2,1-3H3,(H,24,26)/b25-16+. The summed E-state index contributed by atoms with van der Waals surface area (Å²) in [5.74, 6) is 2.02. The van der Waals surface area contributed by atoms with Crippen molar-refractivity contribution in [1.29, 1.82) is 0 Å². The van der Waals surface area contributed by atoms with Crippen LogP contribution in [0.3, 0.4) is 0 Å². The first-order chi connectivity index (χ1) is 14.7. The number of nitrogens with zero attached hydrogens (tertiary/aromatic N) is 1. The predicted molar refractivity (Wildman–Crippen MR) is 117 cm³/mol. The van der Waals surface area contributed by atoms with Gasteiger partial charge in [0, 0.05) is 6.54 Å². The van der Waals surface area contributed by atoms with Crippen LogP contribution in [0.1, 0.15) is 31.9 Å². The third-order valence-corrected chi connectivity index (χ3v) is 4.01. The molecule has 0 bridgehead atoms. The van der Waals surface area contributed by atoms with Gasteiger partial charge in [-0.15, -0.1) is 0 Å². The molecular weight excluding hydrogens is 384 g/mol. The fourth-order valence-corrected chi connectivity index (χ4v) is 2.66. The van der Waals surface area contributed by atoms with Gasteiger partial charge in [0.15, 0.2) is 18.1 Å². The maximum absolute atomic E-state index is 11.9. The first kappa shape index (κ1) is 23.1. The van der Waals surface area contributed by atoms with Crippen molar-refractivity contribution in [3.63, 3.8) is 0 Å². The summed E-state index contributed by atoms with van der Waals surface area (Å²) >= 11 is 0. The van der Waals surface area contributed by atoms with Crippen LogP contribution in [0.4, 0.5) is 0 Å². The molecule has 0 radical (unpaired) electrons. The molecule has 1 N–H and O–H groups in total. The van der Waals surface area contributed by atoms with Crippen LogP contribution in [0.2, 0.25) is 0 Å². The molecule has 0 fully saturated rings. The molecule has 2 aromatic rings. The van der Waals surface area contributed by atoms with Gasteiger partial charge in [0.2, 0.25) is 0 Å². The van der Waals surface area contributed by atoms with Gasteiger partial charge in [0.1, 0.15) is 5.75 Å². The number of carbonyl (C=O) groups is 1. The lowest BCUT2D eigenvalue weighted by Gasteiger charge is -2.12. The lowest BCUT2D eigenvalue weighted by molar-refractivity contribution is -0.125. The highest BCUT2D eigenvalue weighted by Gasteiger charge is 2.07. The van der Waals surface area contributed by atoms with Crippen molar-refractivity contribution < 1.29 is 23.8 Å². The van der Waals surface area contributed by atoms with Gasteiger partial charge in [-0.3, -0.25) is 4.79 Å². The van der Waals surface area contributed by atoms with E-state index in [1.165, 1.54) is 0 Å². The van der Waals surface area contributed by atoms with Crippen LogP contribution in [-0.4, -0.2) is 45.1 Å². The second-order valence-corrected chi connectivity index (χ2v) is 6.26. The van der Waals surface area contributed by atoms with E-state index >= 15 is 0 Å². The lowest BCUT2D eigenvalue weighted by atomic mass is 10.1. The molecule has 7 nitrogen and oxygen atoms in total. The van der Waals surface area contributed by atoms with Gasteiger partial charge >= 0.3 is 0 Å². The largest absolute Gasteiger partial charge is 0.494 e. The SMILES string of the molecule is CCOc1ccc(/C=N/OCC(=O)NCCc2ccc(OCC)c(OCC)c2)cc1. The number of oxime groups is 1. The minimum atomic E-state index is -0.227. The van der Waals surface area contributed by atoms with E-state index in [1.54, 1.807) is 6.21 Å². The number of carbonyl (C=O) groups excluding carboxylic acids is 1. The Morgan fingerprint density at radius 3 is 2.33 bits per heavy atom. The topological polar surface area (TPSA) is 78.4 Å². The quantitative estimate of drug-likeness (QED) is 0.400. The Kier molecular flexibility index (Phi) is 10.1. The fraction of sp³-hybridized carbons (Fsp3) is 0.391. The summed E-state index contributed by atoms with van der Waals surface area (Å²) in [6.07, 6.45) is 2.23. The van der Waals surface area contributed by atoms with Crippen LogP contribution in [0, 0.1) is 0 Å². The van der Waals surface area contributed by atoms with Crippen LogP contribution >= 0.6 is 0 Å². The summed E-state index contributed by atoms with van der Waals surface area (Å²) in [7, 11) is 0. The molecule has 0 unspecified atom stereocenters. The van der Waals surface area contributed by atoms with Gasteiger partial charge in [-0.25, -0.2) is 0 Å². The van der Waals surface area contributed by atoms with Crippen molar-refractivity contribution >= 4 is 12.1 Å². The second kappa shape index (κ2) is 13.1. The van der Waals surface area contributed by atoms with Crippen molar-refractivity contribution in [1.82, 2.24) is 5.32 Å². The Balaban J connectivity index is 1.71. The summed E-state index contributed by atoms with van der Waals surface area (Å²) < 4.78 is 16.6. The highest BCUT2D eigenvalue weighted by molar-refractivity contribution is 5.80. The van der Waals surface area contributed by atoms with Gasteiger partial charge in [-0.1, -0.05) is 11.2 Å². The molecule has 2 aromatic carbocycles. The van der Waals surface area contributed by atoms with Crippen LogP contribution < -0.4 is 19.5 Å². The predicted octanol–water partition coefficient (Wildman–Crippen LogP) is 3.59. The van der Waals surface area contributed by atoms with Crippen molar-refractivity contribution in [3.05, 3.63) is 53.6 Å². The average molecular weight is 415 g/mol. The van der Waals surface area contributed by atoms with Crippen molar-refractivity contribution in [2.75, 3.05) is 33.0 Å². The Hall–Kier alpha value is -3.22. The first-order valence-corrected chi connectivity index (χ1v) is 10.2. The van der Waals surface area contributed by atoms with E-state index in [0.717, 1.165) is 28.4 Å². The molecule has 0 aliphatic rings. The van der Waals surface area contributed by atoms with E-state index in [0.29, 0.717) is 32.8 Å². The van der Waals surface area contributed by atoms with Crippen LogP contribution in [0.5, 0.6) is 17.2 Å². The van der Waals surface area contributed by atoms with Crippen LogP contribution in [-0.2, 0) is 16.1 Å². The van der Waals surface area contributed by atoms with Gasteiger partial charge in [0.05, 0.1) is 26.0 Å². The summed E-state index contributed by atoms with van der Waals surface area (Å²) in [4.78, 5) is 17.0.